The average Bonchev–Trinajstić information content (AvgIpc) is 3.39. The molecule has 0 atom stereocenters. The summed E-state index contributed by atoms with van der Waals surface area (Å²) in [5.41, 5.74) is 8.61. The van der Waals surface area contributed by atoms with Crippen LogP contribution in [0.15, 0.2) is 62.7 Å². The molecule has 5 rings (SSSR count). The summed E-state index contributed by atoms with van der Waals surface area (Å²) in [5, 5.41) is 5.38. The Hall–Kier alpha value is -4.13. The summed E-state index contributed by atoms with van der Waals surface area (Å²) in [6.45, 7) is 5.84. The van der Waals surface area contributed by atoms with Crippen LogP contribution in [0.4, 0.5) is 0 Å². The van der Waals surface area contributed by atoms with Gasteiger partial charge in [0.15, 0.2) is 0 Å². The van der Waals surface area contributed by atoms with Gasteiger partial charge >= 0.3 is 5.97 Å². The summed E-state index contributed by atoms with van der Waals surface area (Å²) in [6.07, 6.45) is 3.97. The standard InChI is InChI=1S/C28H26N2O5/c1-16-12-17(2)25-19(15-33-23(25)13-16)14-24(31)30-29-21-10-7-11-22-26(21)18(3)27(35-22)28(32)34-20-8-5-4-6-9-20/h4-6,8-9,12-13,15H,7,10-11,14H2,1-3H3,(H,30,31)/b29-21+. The first-order valence-corrected chi connectivity index (χ1v) is 11.6. The van der Waals surface area contributed by atoms with E-state index in [1.807, 2.05) is 32.9 Å². The number of para-hydroxylation sites is 1. The van der Waals surface area contributed by atoms with Crippen LogP contribution in [0.25, 0.3) is 11.0 Å². The molecule has 4 aromatic rings. The number of carbonyl (C=O) groups is 2. The van der Waals surface area contributed by atoms with Crippen LogP contribution < -0.4 is 10.2 Å². The zero-order valence-corrected chi connectivity index (χ0v) is 19.9. The largest absolute Gasteiger partial charge is 0.464 e. The molecule has 0 bridgehead atoms. The molecule has 35 heavy (non-hydrogen) atoms. The first-order valence-electron chi connectivity index (χ1n) is 11.6. The van der Waals surface area contributed by atoms with Gasteiger partial charge in [0, 0.05) is 28.5 Å². The summed E-state index contributed by atoms with van der Waals surface area (Å²) in [5.74, 6) is 0.509. The second kappa shape index (κ2) is 9.25. The van der Waals surface area contributed by atoms with E-state index in [2.05, 4.69) is 16.6 Å². The number of carbonyl (C=O) groups excluding carboxylic acids is 2. The highest BCUT2D eigenvalue weighted by Gasteiger charge is 2.29. The van der Waals surface area contributed by atoms with Gasteiger partial charge in [-0.3, -0.25) is 4.79 Å². The molecule has 2 aromatic carbocycles. The van der Waals surface area contributed by atoms with Gasteiger partial charge in [-0.1, -0.05) is 24.3 Å². The Morgan fingerprint density at radius 1 is 1.09 bits per heavy atom. The van der Waals surface area contributed by atoms with Crippen molar-refractivity contribution in [3.63, 3.8) is 0 Å². The fourth-order valence-electron chi connectivity index (χ4n) is 4.72. The van der Waals surface area contributed by atoms with Gasteiger partial charge in [0.2, 0.25) is 11.7 Å². The first kappa shape index (κ1) is 22.7. The molecule has 1 aliphatic rings. The molecule has 1 N–H and O–H groups in total. The molecule has 1 aliphatic carbocycles. The summed E-state index contributed by atoms with van der Waals surface area (Å²) < 4.78 is 17.0. The topological polar surface area (TPSA) is 94.0 Å². The zero-order chi connectivity index (χ0) is 24.5. The molecule has 7 heteroatoms. The highest BCUT2D eigenvalue weighted by molar-refractivity contribution is 6.06. The van der Waals surface area contributed by atoms with Crippen molar-refractivity contribution in [1.82, 2.24) is 5.43 Å². The Balaban J connectivity index is 1.34. The van der Waals surface area contributed by atoms with E-state index < -0.39 is 5.97 Å². The summed E-state index contributed by atoms with van der Waals surface area (Å²) in [7, 11) is 0. The van der Waals surface area contributed by atoms with Crippen LogP contribution in [0.1, 0.15) is 57.0 Å². The predicted molar refractivity (Wildman–Crippen MR) is 132 cm³/mol. The van der Waals surface area contributed by atoms with Gasteiger partial charge in [-0.25, -0.2) is 10.2 Å². The number of benzene rings is 2. The van der Waals surface area contributed by atoms with Gasteiger partial charge in [0.1, 0.15) is 17.1 Å². The molecule has 0 unspecified atom stereocenters. The minimum absolute atomic E-state index is 0.152. The number of furan rings is 2. The number of hydrogen-bond donors (Lipinski definition) is 1. The molecule has 0 fully saturated rings. The number of rotatable bonds is 5. The summed E-state index contributed by atoms with van der Waals surface area (Å²) in [6, 6.07) is 12.9. The van der Waals surface area contributed by atoms with Crippen molar-refractivity contribution in [2.24, 2.45) is 5.10 Å². The quantitative estimate of drug-likeness (QED) is 0.234. The summed E-state index contributed by atoms with van der Waals surface area (Å²) >= 11 is 0. The van der Waals surface area contributed by atoms with E-state index in [-0.39, 0.29) is 18.1 Å². The molecule has 178 valence electrons. The molecule has 1 amide bonds. The number of nitrogens with one attached hydrogen (secondary N) is 1. The Bertz CT molecular complexity index is 1460. The molecule has 0 aliphatic heterocycles. The van der Waals surface area contributed by atoms with Crippen LogP contribution in [-0.2, 0) is 17.6 Å². The summed E-state index contributed by atoms with van der Waals surface area (Å²) in [4.78, 5) is 25.5. The number of aryl methyl sites for hydroxylation is 3. The molecule has 0 saturated heterocycles. The maximum atomic E-state index is 12.7. The monoisotopic (exact) mass is 470 g/mol. The smallest absolute Gasteiger partial charge is 0.379 e. The van der Waals surface area contributed by atoms with Gasteiger partial charge in [0.25, 0.3) is 0 Å². The molecule has 0 saturated carbocycles. The number of hydrazone groups is 1. The van der Waals surface area contributed by atoms with Gasteiger partial charge < -0.3 is 13.6 Å². The zero-order valence-electron chi connectivity index (χ0n) is 19.9. The van der Waals surface area contributed by atoms with Gasteiger partial charge in [-0.05, 0) is 62.9 Å². The molecular weight excluding hydrogens is 444 g/mol. The van der Waals surface area contributed by atoms with Crippen molar-refractivity contribution in [3.8, 4) is 5.75 Å². The molecule has 0 radical (unpaired) electrons. The van der Waals surface area contributed by atoms with Crippen LogP contribution in [0.5, 0.6) is 5.75 Å². The van der Waals surface area contributed by atoms with E-state index in [1.165, 1.54) is 0 Å². The van der Waals surface area contributed by atoms with Gasteiger partial charge in [0.05, 0.1) is 18.4 Å². The SMILES string of the molecule is Cc1cc(C)c2c(CC(=O)N/N=C3\CCCc4oc(C(=O)Oc5ccccc5)c(C)c43)coc2c1. The van der Waals surface area contributed by atoms with Crippen molar-refractivity contribution in [3.05, 3.63) is 88.1 Å². The van der Waals surface area contributed by atoms with Crippen molar-refractivity contribution < 1.29 is 23.2 Å². The maximum Gasteiger partial charge on any atom is 0.379 e. The lowest BCUT2D eigenvalue weighted by molar-refractivity contribution is -0.120. The number of nitrogens with zero attached hydrogens (tertiary/aromatic N) is 1. The number of esters is 1. The molecule has 2 aromatic heterocycles. The highest BCUT2D eigenvalue weighted by atomic mass is 16.5. The van der Waals surface area contributed by atoms with E-state index in [9.17, 15) is 9.59 Å². The van der Waals surface area contributed by atoms with Crippen molar-refractivity contribution in [1.29, 1.82) is 0 Å². The third kappa shape index (κ3) is 4.49. The van der Waals surface area contributed by atoms with Crippen LogP contribution in [0, 0.1) is 20.8 Å². The lowest BCUT2D eigenvalue weighted by Gasteiger charge is -2.13. The van der Waals surface area contributed by atoms with E-state index in [1.54, 1.807) is 30.5 Å². The van der Waals surface area contributed by atoms with Gasteiger partial charge in [-0.15, -0.1) is 0 Å². The molecular formula is C28H26N2O5. The lowest BCUT2D eigenvalue weighted by Crippen LogP contribution is -2.23. The van der Waals surface area contributed by atoms with Crippen LogP contribution in [0.2, 0.25) is 0 Å². The highest BCUT2D eigenvalue weighted by Crippen LogP contribution is 2.31. The molecule has 7 nitrogen and oxygen atoms in total. The van der Waals surface area contributed by atoms with Crippen LogP contribution in [0.3, 0.4) is 0 Å². The molecule has 2 heterocycles. The number of amides is 1. The third-order valence-corrected chi connectivity index (χ3v) is 6.22. The second-order valence-electron chi connectivity index (χ2n) is 8.90. The van der Waals surface area contributed by atoms with Crippen molar-refractivity contribution >= 4 is 28.6 Å². The average molecular weight is 471 g/mol. The maximum absolute atomic E-state index is 12.7. The van der Waals surface area contributed by atoms with Crippen molar-refractivity contribution in [2.75, 3.05) is 0 Å². The second-order valence-corrected chi connectivity index (χ2v) is 8.90. The predicted octanol–water partition coefficient (Wildman–Crippen LogP) is 5.57. The minimum atomic E-state index is -0.552. The Morgan fingerprint density at radius 2 is 1.89 bits per heavy atom. The number of ether oxygens (including phenoxy) is 1. The number of hydrogen-bond acceptors (Lipinski definition) is 6. The number of fused-ring (bicyclic) bond motifs is 2. The fourth-order valence-corrected chi connectivity index (χ4v) is 4.72. The third-order valence-electron chi connectivity index (χ3n) is 6.22. The Labute approximate surface area is 202 Å². The van der Waals surface area contributed by atoms with E-state index >= 15 is 0 Å². The Kier molecular flexibility index (Phi) is 5.99. The lowest BCUT2D eigenvalue weighted by atomic mass is 9.93. The first-order chi connectivity index (χ1) is 16.9. The van der Waals surface area contributed by atoms with E-state index in [4.69, 9.17) is 13.6 Å². The Morgan fingerprint density at radius 3 is 2.69 bits per heavy atom. The normalized spacial score (nSPS) is 14.2. The van der Waals surface area contributed by atoms with E-state index in [0.29, 0.717) is 35.6 Å². The molecule has 0 spiro atoms. The van der Waals surface area contributed by atoms with Gasteiger partial charge in [-0.2, -0.15) is 5.10 Å². The van der Waals surface area contributed by atoms with Crippen molar-refractivity contribution in [2.45, 2.75) is 46.5 Å². The van der Waals surface area contributed by atoms with Crippen LogP contribution in [-0.4, -0.2) is 17.6 Å². The van der Waals surface area contributed by atoms with E-state index in [0.717, 1.165) is 39.6 Å². The van der Waals surface area contributed by atoms with Crippen LogP contribution >= 0.6 is 0 Å². The minimum Gasteiger partial charge on any atom is -0.464 e. The fraction of sp³-hybridized carbons (Fsp3) is 0.250.